The van der Waals surface area contributed by atoms with Gasteiger partial charge in [-0.1, -0.05) is 0 Å². The second-order valence-corrected chi connectivity index (χ2v) is 22.2. The Kier molecular flexibility index (Phi) is 4.93. The first-order valence-electron chi connectivity index (χ1n) is 11.6. The Morgan fingerprint density at radius 1 is 0.824 bits per heavy atom. The minimum atomic E-state index is -2.36. The molecule has 2 aliphatic heterocycles. The van der Waals surface area contributed by atoms with Gasteiger partial charge in [0.2, 0.25) is 0 Å². The van der Waals surface area contributed by atoms with Gasteiger partial charge in [0.15, 0.2) is 0 Å². The van der Waals surface area contributed by atoms with Gasteiger partial charge in [0, 0.05) is 0 Å². The first-order chi connectivity index (χ1) is 16.7. The van der Waals surface area contributed by atoms with E-state index in [1.807, 2.05) is 11.5 Å². The van der Waals surface area contributed by atoms with Crippen LogP contribution in [-0.2, 0) is 0 Å². The van der Waals surface area contributed by atoms with Gasteiger partial charge in [-0.3, -0.25) is 0 Å². The molecule has 3 nitrogen and oxygen atoms in total. The van der Waals surface area contributed by atoms with E-state index in [-0.39, 0.29) is 11.6 Å². The molecule has 4 aromatic rings. The van der Waals surface area contributed by atoms with Crippen molar-refractivity contribution in [1.82, 2.24) is 0 Å². The van der Waals surface area contributed by atoms with E-state index in [2.05, 4.69) is 65.6 Å². The number of benzene rings is 2. The number of hydrogen-bond acceptors (Lipinski definition) is 4. The maximum absolute atomic E-state index is 12.8. The van der Waals surface area contributed by atoms with Crippen molar-refractivity contribution in [2.75, 3.05) is 4.90 Å². The summed E-state index contributed by atoms with van der Waals surface area (Å²) >= 11 is -1.74. The van der Waals surface area contributed by atoms with Crippen LogP contribution in [0.15, 0.2) is 77.7 Å². The zero-order chi connectivity index (χ0) is 22.9. The summed E-state index contributed by atoms with van der Waals surface area (Å²) in [5.74, 6) is -0.227. The van der Waals surface area contributed by atoms with Gasteiger partial charge in [0.05, 0.1) is 0 Å². The van der Waals surface area contributed by atoms with Crippen molar-refractivity contribution in [1.29, 1.82) is 0 Å². The fourth-order valence-corrected chi connectivity index (χ4v) is 21.3. The Morgan fingerprint density at radius 3 is 2.18 bits per heavy atom. The number of anilines is 3. The van der Waals surface area contributed by atoms with E-state index in [1.165, 1.54) is 49.8 Å². The molecule has 2 aromatic carbocycles. The van der Waals surface area contributed by atoms with Crippen molar-refractivity contribution in [3.05, 3.63) is 91.7 Å². The molecule has 1 saturated heterocycles. The number of ketones is 2. The number of nitrogens with zero attached hydrogens (tertiary/aromatic N) is 1. The third-order valence-electron chi connectivity index (χ3n) is 7.50. The second-order valence-electron chi connectivity index (χ2n) is 9.21. The first-order valence-corrected chi connectivity index (χ1v) is 19.9. The Morgan fingerprint density at radius 2 is 1.50 bits per heavy atom. The van der Waals surface area contributed by atoms with Crippen LogP contribution in [0.1, 0.15) is 36.5 Å². The number of hydrogen-bond donors (Lipinski definition) is 0. The van der Waals surface area contributed by atoms with Gasteiger partial charge in [-0.25, -0.2) is 0 Å². The number of thiophene rings is 1. The Bertz CT molecular complexity index is 1440. The van der Waals surface area contributed by atoms with Gasteiger partial charge in [-0.2, -0.15) is 0 Å². The summed E-state index contributed by atoms with van der Waals surface area (Å²) in [7, 11) is 0. The van der Waals surface area contributed by atoms with E-state index < -0.39 is 33.7 Å². The summed E-state index contributed by atoms with van der Waals surface area (Å²) in [5, 5.41) is 4.61. The standard InChI is InChI=1S/C28H21GeNO2STe/c31-26-19-13-16-33-28(19)27(32)20(26)17-18-11-12-25(34-18)30-23-9-3-1-7-21(23)29(14-5-6-15-29)22-8-2-4-10-24(22)30/h1-4,7-13,16-17H,5-6,14-15H2/b20-17+. The summed E-state index contributed by atoms with van der Waals surface area (Å²) in [5.41, 5.74) is 3.65. The van der Waals surface area contributed by atoms with Gasteiger partial charge in [-0.05, 0) is 0 Å². The number of Topliss-reactive ketones (excluding diaryl/α,β-unsaturated/α-hetero) is 2. The molecule has 34 heavy (non-hydrogen) atoms. The quantitative estimate of drug-likeness (QED) is 0.168. The molecule has 1 fully saturated rings. The summed E-state index contributed by atoms with van der Waals surface area (Å²) in [6.45, 7) is 0. The average Bonchev–Trinajstić information content (AvgIpc) is 3.66. The first kappa shape index (κ1) is 21.1. The molecule has 0 radical (unpaired) electrons. The van der Waals surface area contributed by atoms with Crippen molar-refractivity contribution >= 4 is 86.5 Å². The van der Waals surface area contributed by atoms with Crippen LogP contribution in [0.4, 0.5) is 15.1 Å². The van der Waals surface area contributed by atoms with E-state index in [9.17, 15) is 9.59 Å². The van der Waals surface area contributed by atoms with Crippen LogP contribution in [-0.4, -0.2) is 45.3 Å². The molecular formula is C28H21GeNO2STe. The normalized spacial score (nSPS) is 19.1. The Labute approximate surface area is 214 Å². The molecule has 0 unspecified atom stereocenters. The van der Waals surface area contributed by atoms with Crippen LogP contribution in [0.2, 0.25) is 10.5 Å². The summed E-state index contributed by atoms with van der Waals surface area (Å²) in [4.78, 5) is 28.7. The van der Waals surface area contributed by atoms with Gasteiger partial charge in [0.25, 0.3) is 0 Å². The molecular weight excluding hydrogens is 615 g/mol. The Hall–Kier alpha value is -2.17. The maximum atomic E-state index is 12.8. The van der Waals surface area contributed by atoms with Crippen LogP contribution in [0.3, 0.4) is 0 Å². The van der Waals surface area contributed by atoms with Crippen molar-refractivity contribution in [2.45, 2.75) is 23.3 Å². The van der Waals surface area contributed by atoms with Crippen molar-refractivity contribution in [3.8, 4) is 0 Å². The summed E-state index contributed by atoms with van der Waals surface area (Å²) in [6, 6.07) is 24.3. The van der Waals surface area contributed by atoms with Crippen molar-refractivity contribution < 1.29 is 9.59 Å². The molecule has 2 aromatic heterocycles. The molecule has 0 amide bonds. The molecule has 0 bridgehead atoms. The fourth-order valence-electron chi connectivity index (χ4n) is 6.02. The predicted octanol–water partition coefficient (Wildman–Crippen LogP) is 5.41. The van der Waals surface area contributed by atoms with Crippen LogP contribution < -0.4 is 13.7 Å². The third-order valence-corrected chi connectivity index (χ3v) is 22.5. The number of allylic oxidation sites excluding steroid dienone is 1. The predicted molar refractivity (Wildman–Crippen MR) is 143 cm³/mol. The minimum absolute atomic E-state index is 0.109. The molecule has 0 atom stereocenters. The number of carbonyl (C=O) groups excluding carboxylic acids is 2. The summed E-state index contributed by atoms with van der Waals surface area (Å²) in [6.07, 6.45) is 4.58. The van der Waals surface area contributed by atoms with E-state index in [0.717, 1.165) is 3.58 Å². The number of para-hydroxylation sites is 2. The number of carbonyl (C=O) groups is 2. The molecule has 0 saturated carbocycles. The molecule has 0 N–H and O–H groups in total. The van der Waals surface area contributed by atoms with E-state index >= 15 is 0 Å². The number of rotatable bonds is 2. The number of fused-ring (bicyclic) bond motifs is 5. The molecule has 7 rings (SSSR count). The average molecular weight is 636 g/mol. The van der Waals surface area contributed by atoms with Gasteiger partial charge < -0.3 is 0 Å². The van der Waals surface area contributed by atoms with Crippen LogP contribution in [0.5, 0.6) is 0 Å². The monoisotopic (exact) mass is 639 g/mol. The van der Waals surface area contributed by atoms with E-state index in [0.29, 0.717) is 16.0 Å². The van der Waals surface area contributed by atoms with Crippen LogP contribution in [0.25, 0.3) is 6.08 Å². The molecule has 1 aliphatic carbocycles. The third kappa shape index (κ3) is 2.94. The topological polar surface area (TPSA) is 37.4 Å². The molecule has 166 valence electrons. The zero-order valence-electron chi connectivity index (χ0n) is 18.4. The van der Waals surface area contributed by atoms with Crippen LogP contribution >= 0.6 is 11.3 Å². The molecule has 6 heteroatoms. The van der Waals surface area contributed by atoms with Crippen molar-refractivity contribution in [3.63, 3.8) is 0 Å². The van der Waals surface area contributed by atoms with Gasteiger partial charge in [0.1, 0.15) is 0 Å². The molecule has 3 aliphatic rings. The van der Waals surface area contributed by atoms with Crippen molar-refractivity contribution in [2.24, 2.45) is 0 Å². The van der Waals surface area contributed by atoms with E-state index in [4.69, 9.17) is 0 Å². The zero-order valence-corrected chi connectivity index (χ0v) is 23.7. The molecule has 1 spiro atoms. The second kappa shape index (κ2) is 7.93. The fraction of sp³-hybridized carbons (Fsp3) is 0.143. The summed E-state index contributed by atoms with van der Waals surface area (Å²) < 4.78 is 5.74. The Balaban J connectivity index is 1.35. The van der Waals surface area contributed by atoms with Crippen LogP contribution in [0, 0.1) is 0 Å². The van der Waals surface area contributed by atoms with Gasteiger partial charge >= 0.3 is 216 Å². The SMILES string of the molecule is O=C1/C(=C\c2ccc(N3c4cccc[c]4[Ge]4([CH2]CC[CH2]4)[c]4ccccc43)[te]2)C(=O)c2sccc21. The van der Waals surface area contributed by atoms with E-state index in [1.54, 1.807) is 14.9 Å². The molecule has 4 heterocycles. The van der Waals surface area contributed by atoms with Gasteiger partial charge in [-0.15, -0.1) is 0 Å².